The first-order chi connectivity index (χ1) is 28.3. The molecule has 3 aliphatic carbocycles. The molecule has 57 heavy (non-hydrogen) atoms. The van der Waals surface area contributed by atoms with Crippen LogP contribution in [-0.2, 0) is 0 Å². The van der Waals surface area contributed by atoms with Gasteiger partial charge in [-0.3, -0.25) is 16.0 Å². The minimum absolute atomic E-state index is 0.0582. The zero-order valence-corrected chi connectivity index (χ0v) is 32.4. The molecule has 1 saturated heterocycles. The second-order valence-corrected chi connectivity index (χ2v) is 16.9. The molecular formula is C51H42N4OS. The molecule has 4 aliphatic rings. The summed E-state index contributed by atoms with van der Waals surface area (Å²) in [5.41, 5.74) is 10.8. The first-order valence-corrected chi connectivity index (χ1v) is 21.2. The van der Waals surface area contributed by atoms with E-state index in [-0.39, 0.29) is 18.5 Å². The molecule has 0 bridgehead atoms. The molecule has 1 aliphatic heterocycles. The number of allylic oxidation sites excluding steroid dienone is 3. The second-order valence-electron chi connectivity index (χ2n) is 15.9. The van der Waals surface area contributed by atoms with Gasteiger partial charge in [0.15, 0.2) is 0 Å². The van der Waals surface area contributed by atoms with Gasteiger partial charge < -0.3 is 8.98 Å². The molecule has 3 aromatic heterocycles. The number of nitrogens with zero attached hydrogens (tertiary/aromatic N) is 1. The number of hydrogen-bond donors (Lipinski definition) is 3. The van der Waals surface area contributed by atoms with E-state index in [0.29, 0.717) is 5.92 Å². The van der Waals surface area contributed by atoms with Gasteiger partial charge >= 0.3 is 0 Å². The van der Waals surface area contributed by atoms with Crippen molar-refractivity contribution in [3.8, 4) is 5.69 Å². The molecule has 8 aromatic rings. The lowest BCUT2D eigenvalue weighted by molar-refractivity contribution is 0.190. The van der Waals surface area contributed by atoms with Crippen molar-refractivity contribution < 1.29 is 4.42 Å². The molecule has 0 saturated carbocycles. The Morgan fingerprint density at radius 3 is 2.26 bits per heavy atom. The fourth-order valence-electron chi connectivity index (χ4n) is 9.98. The molecule has 0 spiro atoms. The fraction of sp³-hybridized carbons (Fsp3) is 0.176. The quantitative estimate of drug-likeness (QED) is 0.165. The van der Waals surface area contributed by atoms with E-state index in [1.165, 1.54) is 80.2 Å². The van der Waals surface area contributed by atoms with Crippen molar-refractivity contribution in [2.45, 2.75) is 50.6 Å². The van der Waals surface area contributed by atoms with Gasteiger partial charge in [0.05, 0.1) is 40.6 Å². The van der Waals surface area contributed by atoms with Crippen molar-refractivity contribution >= 4 is 78.0 Å². The highest BCUT2D eigenvalue weighted by atomic mass is 32.1. The van der Waals surface area contributed by atoms with E-state index >= 15 is 0 Å². The summed E-state index contributed by atoms with van der Waals surface area (Å²) in [7, 11) is 0. The third-order valence-electron chi connectivity index (χ3n) is 12.6. The number of aromatic nitrogens is 1. The summed E-state index contributed by atoms with van der Waals surface area (Å²) in [4.78, 5) is 0. The van der Waals surface area contributed by atoms with Crippen molar-refractivity contribution in [3.63, 3.8) is 0 Å². The van der Waals surface area contributed by atoms with Crippen LogP contribution < -0.4 is 36.3 Å². The summed E-state index contributed by atoms with van der Waals surface area (Å²) < 4.78 is 12.1. The molecule has 278 valence electrons. The summed E-state index contributed by atoms with van der Waals surface area (Å²) in [5, 5.41) is 19.5. The zero-order chi connectivity index (χ0) is 37.5. The number of benzene rings is 5. The van der Waals surface area contributed by atoms with Crippen LogP contribution >= 0.6 is 11.3 Å². The van der Waals surface area contributed by atoms with E-state index in [4.69, 9.17) is 4.42 Å². The Labute approximate surface area is 334 Å². The van der Waals surface area contributed by atoms with Crippen LogP contribution in [0.3, 0.4) is 0 Å². The molecule has 5 nitrogen and oxygen atoms in total. The maximum Gasteiger partial charge on any atom is 0.139 e. The van der Waals surface area contributed by atoms with Crippen LogP contribution in [-0.4, -0.2) is 16.9 Å². The summed E-state index contributed by atoms with van der Waals surface area (Å²) in [6, 6.07) is 41.8. The van der Waals surface area contributed by atoms with Crippen LogP contribution in [0.1, 0.15) is 49.4 Å². The Bertz CT molecular complexity index is 3180. The van der Waals surface area contributed by atoms with Crippen LogP contribution in [0, 0.1) is 5.92 Å². The van der Waals surface area contributed by atoms with Crippen LogP contribution in [0.4, 0.5) is 0 Å². The first kappa shape index (κ1) is 33.4. The van der Waals surface area contributed by atoms with E-state index in [9.17, 15) is 0 Å². The molecule has 0 amide bonds. The van der Waals surface area contributed by atoms with Crippen molar-refractivity contribution in [2.24, 2.45) is 5.92 Å². The number of thiophene rings is 1. The Morgan fingerprint density at radius 2 is 1.44 bits per heavy atom. The van der Waals surface area contributed by atoms with Crippen LogP contribution in [0.2, 0.25) is 0 Å². The Morgan fingerprint density at radius 1 is 0.667 bits per heavy atom. The Balaban J connectivity index is 0.980. The van der Waals surface area contributed by atoms with Gasteiger partial charge in [0, 0.05) is 42.1 Å². The van der Waals surface area contributed by atoms with Gasteiger partial charge in [-0.15, -0.1) is 11.3 Å². The Hall–Kier alpha value is -5.76. The van der Waals surface area contributed by atoms with Crippen LogP contribution in [0.15, 0.2) is 143 Å². The normalized spacial score (nSPS) is 21.9. The minimum atomic E-state index is 0.0582. The van der Waals surface area contributed by atoms with Gasteiger partial charge in [0.2, 0.25) is 0 Å². The molecule has 12 rings (SSSR count). The average molecular weight is 759 g/mol. The summed E-state index contributed by atoms with van der Waals surface area (Å²) in [6.07, 6.45) is 19.6. The summed E-state index contributed by atoms with van der Waals surface area (Å²) in [6.45, 7) is 0. The molecule has 5 aromatic carbocycles. The number of nitrogens with one attached hydrogen (secondary N) is 3. The SMILES string of the molecule is C1=CCCC(C2NC(c3ccccc3)NC(C3C=c4c(sc5c(C6=c7oc8cccc(-n9c%10ccccc%10c%10ccccc%109)c8c7=CCC6)cccc45)=CC3)N2)=C1. The smallest absolute Gasteiger partial charge is 0.139 e. The largest absolute Gasteiger partial charge is 0.456 e. The van der Waals surface area contributed by atoms with E-state index in [2.05, 4.69) is 172 Å². The molecule has 4 unspecified atom stereocenters. The number of furan rings is 1. The number of hydrogen-bond acceptors (Lipinski definition) is 5. The Kier molecular flexibility index (Phi) is 7.87. The maximum atomic E-state index is 6.95. The summed E-state index contributed by atoms with van der Waals surface area (Å²) >= 11 is 1.94. The van der Waals surface area contributed by atoms with Crippen molar-refractivity contribution in [1.82, 2.24) is 20.5 Å². The molecule has 4 atom stereocenters. The van der Waals surface area contributed by atoms with Gasteiger partial charge in [0.1, 0.15) is 11.0 Å². The minimum Gasteiger partial charge on any atom is -0.456 e. The first-order valence-electron chi connectivity index (χ1n) is 20.4. The topological polar surface area (TPSA) is 54.2 Å². The highest BCUT2D eigenvalue weighted by molar-refractivity contribution is 7.17. The number of para-hydroxylation sites is 2. The third kappa shape index (κ3) is 5.39. The van der Waals surface area contributed by atoms with Crippen molar-refractivity contribution in [2.75, 3.05) is 0 Å². The lowest BCUT2D eigenvalue weighted by atomic mass is 9.92. The highest BCUT2D eigenvalue weighted by Crippen LogP contribution is 2.35. The number of fused-ring (bicyclic) bond motifs is 9. The maximum absolute atomic E-state index is 6.95. The van der Waals surface area contributed by atoms with E-state index in [1.54, 1.807) is 0 Å². The molecule has 6 heteroatoms. The number of rotatable bonds is 5. The zero-order valence-electron chi connectivity index (χ0n) is 31.5. The van der Waals surface area contributed by atoms with Gasteiger partial charge in [-0.25, -0.2) is 0 Å². The lowest BCUT2D eigenvalue weighted by Gasteiger charge is -2.43. The monoisotopic (exact) mass is 758 g/mol. The van der Waals surface area contributed by atoms with Crippen molar-refractivity contribution in [3.05, 3.63) is 171 Å². The second kappa shape index (κ2) is 13.4. The third-order valence-corrected chi connectivity index (χ3v) is 13.9. The van der Waals surface area contributed by atoms with E-state index < -0.39 is 0 Å². The van der Waals surface area contributed by atoms with Crippen molar-refractivity contribution in [1.29, 1.82) is 0 Å². The fourth-order valence-corrected chi connectivity index (χ4v) is 11.3. The van der Waals surface area contributed by atoms with Crippen LogP contribution in [0.5, 0.6) is 0 Å². The van der Waals surface area contributed by atoms with Crippen LogP contribution in [0.25, 0.3) is 72.3 Å². The molecule has 0 radical (unpaired) electrons. The summed E-state index contributed by atoms with van der Waals surface area (Å²) in [5.74, 6) is 0.299. The predicted octanol–water partition coefficient (Wildman–Crippen LogP) is 8.51. The van der Waals surface area contributed by atoms with Gasteiger partial charge in [-0.05, 0) is 78.3 Å². The van der Waals surface area contributed by atoms with E-state index in [1.807, 2.05) is 11.3 Å². The van der Waals surface area contributed by atoms with Gasteiger partial charge in [-0.1, -0.05) is 127 Å². The van der Waals surface area contributed by atoms with E-state index in [0.717, 1.165) is 43.1 Å². The average Bonchev–Trinajstić information content (AvgIpc) is 3.96. The van der Waals surface area contributed by atoms with Gasteiger partial charge in [-0.2, -0.15) is 0 Å². The lowest BCUT2D eigenvalue weighted by Crippen LogP contribution is -2.66. The molecule has 4 heterocycles. The van der Waals surface area contributed by atoms with Gasteiger partial charge in [0.25, 0.3) is 0 Å². The standard InChI is InChI=1S/C51H42N4OS/c1-3-14-31(15-4-1)49-52-50(32-16-5-2-6-17-32)54-51(53-49)33-28-29-45-40(30-33)38-22-12-21-37(48(38)57-45)36-20-11-23-39-46-43(26-13-27-44(46)56-47(36)39)55-41-24-9-7-18-34(41)35-19-8-10-25-42(35)55/h1-5,7-10,12-16,18-19,21-27,29-30,33,49-54H,6,11,17,20,28H2. The molecular weight excluding hydrogens is 717 g/mol. The molecule has 3 N–H and O–H groups in total. The highest BCUT2D eigenvalue weighted by Gasteiger charge is 2.34. The predicted molar refractivity (Wildman–Crippen MR) is 237 cm³/mol. The molecule has 1 fully saturated rings.